The number of rotatable bonds is 4. The minimum Gasteiger partial charge on any atom is -0.321 e. The van der Waals surface area contributed by atoms with Crippen LogP contribution in [-0.4, -0.2) is 19.3 Å². The Bertz CT molecular complexity index is 1550. The normalized spacial score (nSPS) is 13.2. The van der Waals surface area contributed by atoms with E-state index in [2.05, 4.69) is 4.98 Å². The molecule has 0 radical (unpaired) electrons. The van der Waals surface area contributed by atoms with Crippen molar-refractivity contribution in [3.05, 3.63) is 133 Å². The Balaban J connectivity index is 1.66. The van der Waals surface area contributed by atoms with Gasteiger partial charge in [-0.25, -0.2) is 4.79 Å². The number of fused-ring (bicyclic) bond motifs is 2. The minimum absolute atomic E-state index is 0.0463. The van der Waals surface area contributed by atoms with Gasteiger partial charge in [-0.05, 0) is 39.9 Å². The number of hydrogen-bond acceptors (Lipinski definition) is 3. The van der Waals surface area contributed by atoms with Crippen LogP contribution in [0.4, 0.5) is 0 Å². The molecule has 0 saturated carbocycles. The third-order valence-electron chi connectivity index (χ3n) is 6.01. The second kappa shape index (κ2) is 8.54. The summed E-state index contributed by atoms with van der Waals surface area (Å²) in [4.78, 5) is 47.1. The lowest BCUT2D eigenvalue weighted by molar-refractivity contribution is 0.387. The van der Waals surface area contributed by atoms with Gasteiger partial charge in [0, 0.05) is 17.7 Å². The third kappa shape index (κ3) is 4.13. The second-order valence-electron chi connectivity index (χ2n) is 8.21. The van der Waals surface area contributed by atoms with Gasteiger partial charge in [0.15, 0.2) is 0 Å². The summed E-state index contributed by atoms with van der Waals surface area (Å²) in [6.45, 7) is 0.0463. The highest BCUT2D eigenvalue weighted by Gasteiger charge is 2.26. The second-order valence-corrected chi connectivity index (χ2v) is 9.81. The highest BCUT2D eigenvalue weighted by molar-refractivity contribution is 7.60. The van der Waals surface area contributed by atoms with Crippen LogP contribution in [0.2, 0.25) is 0 Å². The Morgan fingerprint density at radius 1 is 0.824 bits per heavy atom. The molecule has 3 N–H and O–H groups in total. The van der Waals surface area contributed by atoms with E-state index in [1.54, 1.807) is 12.3 Å². The van der Waals surface area contributed by atoms with Crippen LogP contribution in [0.3, 0.4) is 0 Å². The smallest absolute Gasteiger partial charge is 0.321 e. The lowest BCUT2D eigenvalue weighted by atomic mass is 9.83. The molecule has 170 valence electrons. The molecule has 0 saturated heterocycles. The molecule has 1 aliphatic rings. The largest absolute Gasteiger partial charge is 0.356 e. The number of aromatic amines is 1. The zero-order valence-corrected chi connectivity index (χ0v) is 18.9. The van der Waals surface area contributed by atoms with Crippen LogP contribution >= 0.6 is 7.60 Å². The maximum atomic E-state index is 13.1. The van der Waals surface area contributed by atoms with Gasteiger partial charge in [0.25, 0.3) is 5.56 Å². The fraction of sp³-hybridized carbons (Fsp3) is 0.0769. The van der Waals surface area contributed by atoms with E-state index in [1.165, 1.54) is 22.8 Å². The molecule has 3 aromatic carbocycles. The lowest BCUT2D eigenvalue weighted by Gasteiger charge is -2.21. The first-order chi connectivity index (χ1) is 16.3. The van der Waals surface area contributed by atoms with E-state index >= 15 is 0 Å². The molecule has 7 nitrogen and oxygen atoms in total. The van der Waals surface area contributed by atoms with E-state index in [4.69, 9.17) is 0 Å². The van der Waals surface area contributed by atoms with Crippen molar-refractivity contribution in [3.63, 3.8) is 0 Å². The van der Waals surface area contributed by atoms with Crippen molar-refractivity contribution >= 4 is 25.1 Å². The first kappa shape index (κ1) is 22.0. The Hall–Kier alpha value is -3.77. The molecule has 1 aliphatic carbocycles. The van der Waals surface area contributed by atoms with Crippen LogP contribution in [0.25, 0.3) is 12.2 Å². The Kier molecular flexibility index (Phi) is 5.54. The van der Waals surface area contributed by atoms with Gasteiger partial charge in [0.2, 0.25) is 0 Å². The van der Waals surface area contributed by atoms with Crippen LogP contribution in [0, 0.1) is 0 Å². The Labute approximate surface area is 194 Å². The summed E-state index contributed by atoms with van der Waals surface area (Å²) in [7, 11) is -4.43. The number of nitrogens with one attached hydrogen (secondary N) is 1. The fourth-order valence-corrected chi connectivity index (χ4v) is 5.03. The predicted molar refractivity (Wildman–Crippen MR) is 131 cm³/mol. The monoisotopic (exact) mass is 472 g/mol. The molecule has 0 fully saturated rings. The van der Waals surface area contributed by atoms with Gasteiger partial charge in [0.05, 0.1) is 11.8 Å². The van der Waals surface area contributed by atoms with Gasteiger partial charge in [-0.3, -0.25) is 18.9 Å². The van der Waals surface area contributed by atoms with Crippen LogP contribution < -0.4 is 16.6 Å². The van der Waals surface area contributed by atoms with Crippen LogP contribution in [0.15, 0.2) is 88.6 Å². The van der Waals surface area contributed by atoms with Gasteiger partial charge >= 0.3 is 13.3 Å². The van der Waals surface area contributed by atoms with Gasteiger partial charge in [-0.15, -0.1) is 0 Å². The van der Waals surface area contributed by atoms with E-state index < -0.39 is 24.8 Å². The molecule has 4 aromatic rings. The van der Waals surface area contributed by atoms with Gasteiger partial charge in [-0.2, -0.15) is 0 Å². The molecule has 1 aromatic heterocycles. The number of H-pyrrole nitrogens is 1. The van der Waals surface area contributed by atoms with Gasteiger partial charge in [0.1, 0.15) is 0 Å². The van der Waals surface area contributed by atoms with Crippen molar-refractivity contribution < 1.29 is 14.4 Å². The van der Waals surface area contributed by atoms with Gasteiger partial charge < -0.3 is 9.79 Å². The molecule has 0 unspecified atom stereocenters. The topological polar surface area (TPSA) is 112 Å². The lowest BCUT2D eigenvalue weighted by Crippen LogP contribution is -2.33. The first-order valence-electron chi connectivity index (χ1n) is 10.7. The molecule has 5 rings (SSSR count). The maximum Gasteiger partial charge on any atom is 0.356 e. The molecule has 0 bridgehead atoms. The standard InChI is InChI=1S/C26H21N2O5P/c29-25-23(16-28(26(30)27-25)15-17-6-5-9-20(14-17)34(31,32)33)24-21-10-3-1-7-18(21)12-13-19-8-2-4-11-22(19)24/h1-14,16,24H,15H2,(H,27,29,30)(H2,31,32,33). The highest BCUT2D eigenvalue weighted by Crippen LogP contribution is 2.37. The summed E-state index contributed by atoms with van der Waals surface area (Å²) in [5.41, 5.74) is 3.74. The van der Waals surface area contributed by atoms with Crippen molar-refractivity contribution in [1.29, 1.82) is 0 Å². The summed E-state index contributed by atoms with van der Waals surface area (Å²) in [6.07, 6.45) is 5.59. The molecular weight excluding hydrogens is 451 g/mol. The number of benzene rings is 3. The molecule has 0 spiro atoms. The molecular formula is C26H21N2O5P. The summed E-state index contributed by atoms with van der Waals surface area (Å²) in [5.74, 6) is -0.403. The van der Waals surface area contributed by atoms with E-state index in [-0.39, 0.29) is 11.8 Å². The minimum atomic E-state index is -4.43. The SMILES string of the molecule is O=c1[nH]c(=O)n(Cc2cccc(P(=O)(O)O)c2)cc1C1c2ccccc2C=Cc2ccccc21. The van der Waals surface area contributed by atoms with Crippen LogP contribution in [-0.2, 0) is 11.1 Å². The Morgan fingerprint density at radius 3 is 2.06 bits per heavy atom. The van der Waals surface area contributed by atoms with Crippen LogP contribution in [0.1, 0.15) is 39.3 Å². The zero-order chi connectivity index (χ0) is 23.9. The summed E-state index contributed by atoms with van der Waals surface area (Å²) >= 11 is 0. The maximum absolute atomic E-state index is 13.1. The average molecular weight is 472 g/mol. The summed E-state index contributed by atoms with van der Waals surface area (Å²) < 4.78 is 13.0. The van der Waals surface area contributed by atoms with E-state index in [0.717, 1.165) is 22.3 Å². The molecule has 0 aliphatic heterocycles. The molecule has 0 atom stereocenters. The molecule has 1 heterocycles. The quantitative estimate of drug-likeness (QED) is 0.348. The zero-order valence-electron chi connectivity index (χ0n) is 18.0. The number of aromatic nitrogens is 2. The van der Waals surface area contributed by atoms with E-state index in [9.17, 15) is 23.9 Å². The fourth-order valence-electron chi connectivity index (χ4n) is 4.42. The Morgan fingerprint density at radius 2 is 1.44 bits per heavy atom. The average Bonchev–Trinajstić information content (AvgIpc) is 2.98. The third-order valence-corrected chi connectivity index (χ3v) is 6.96. The van der Waals surface area contributed by atoms with Crippen molar-refractivity contribution in [2.45, 2.75) is 12.5 Å². The molecule has 8 heteroatoms. The molecule has 34 heavy (non-hydrogen) atoms. The van der Waals surface area contributed by atoms with E-state index in [1.807, 2.05) is 60.7 Å². The first-order valence-corrected chi connectivity index (χ1v) is 12.3. The number of nitrogens with zero attached hydrogens (tertiary/aromatic N) is 1. The van der Waals surface area contributed by atoms with Crippen molar-refractivity contribution in [3.8, 4) is 0 Å². The van der Waals surface area contributed by atoms with Crippen LogP contribution in [0.5, 0.6) is 0 Å². The van der Waals surface area contributed by atoms with Crippen molar-refractivity contribution in [1.82, 2.24) is 9.55 Å². The summed E-state index contributed by atoms with van der Waals surface area (Å²) in [6, 6.07) is 21.6. The van der Waals surface area contributed by atoms with Gasteiger partial charge in [-0.1, -0.05) is 72.8 Å². The highest BCUT2D eigenvalue weighted by atomic mass is 31.2. The van der Waals surface area contributed by atoms with Crippen molar-refractivity contribution in [2.24, 2.45) is 0 Å². The van der Waals surface area contributed by atoms with E-state index in [0.29, 0.717) is 11.1 Å². The molecule has 0 amide bonds. The number of hydrogen-bond donors (Lipinski definition) is 3. The summed E-state index contributed by atoms with van der Waals surface area (Å²) in [5, 5.41) is -0.125. The predicted octanol–water partition coefficient (Wildman–Crippen LogP) is 3.05. The van der Waals surface area contributed by atoms with Crippen molar-refractivity contribution in [2.75, 3.05) is 0 Å².